The fourth-order valence-corrected chi connectivity index (χ4v) is 11.6. The summed E-state index contributed by atoms with van der Waals surface area (Å²) in [6.07, 6.45) is 3.63. The van der Waals surface area contributed by atoms with Gasteiger partial charge >= 0.3 is 0 Å². The van der Waals surface area contributed by atoms with Crippen LogP contribution < -0.4 is 0 Å². The Kier molecular flexibility index (Phi) is 15.9. The number of nitrogens with zero attached hydrogens (tertiary/aromatic N) is 4. The SMILES string of the molecule is [Ir].[c-]1ccccc1-c1cc(-c2ccccc2)ccn1.[c-]1ccccc1-c1ccccn1.c1ccc(-n2c(-c3ccc(-c4ccc5c(-c6ccc7ccccc7c6)c6ccccc6c(-c6ccc7ccccc7c6)c5c4)cc3)nc3ccccc32)cc1. The molecule has 16 rings (SSSR count). The minimum absolute atomic E-state index is 0. The molecule has 5 heteroatoms. The Hall–Kier alpha value is -10.7. The van der Waals surface area contributed by atoms with Gasteiger partial charge in [0.1, 0.15) is 5.82 Å². The number of pyridine rings is 2. The fourth-order valence-electron chi connectivity index (χ4n) is 11.6. The molecule has 0 atom stereocenters. The van der Waals surface area contributed by atoms with E-state index in [0.717, 1.165) is 56.2 Å². The monoisotopic (exact) mass is 1280 g/mol. The topological polar surface area (TPSA) is 43.6 Å². The maximum atomic E-state index is 5.12. The molecule has 16 aromatic rings. The number of hydrogen-bond donors (Lipinski definition) is 0. The van der Waals surface area contributed by atoms with Gasteiger partial charge in [-0.25, -0.2) is 4.98 Å². The number of fused-ring (bicyclic) bond motifs is 5. The van der Waals surface area contributed by atoms with E-state index in [2.05, 4.69) is 251 Å². The molecule has 1 radical (unpaired) electrons. The fraction of sp³-hybridized carbons (Fsp3) is 0. The first-order valence-corrected chi connectivity index (χ1v) is 28.6. The molecule has 3 heterocycles. The van der Waals surface area contributed by atoms with E-state index >= 15 is 0 Å². The van der Waals surface area contributed by atoms with Crippen molar-refractivity contribution in [2.75, 3.05) is 0 Å². The van der Waals surface area contributed by atoms with Crippen molar-refractivity contribution in [1.29, 1.82) is 0 Å². The summed E-state index contributed by atoms with van der Waals surface area (Å²) < 4.78 is 2.26. The Morgan fingerprint density at radius 1 is 0.291 bits per heavy atom. The molecule has 0 aliphatic carbocycles. The van der Waals surface area contributed by atoms with Crippen molar-refractivity contribution in [3.63, 3.8) is 0 Å². The Morgan fingerprint density at radius 3 is 1.42 bits per heavy atom. The van der Waals surface area contributed by atoms with Crippen LogP contribution in [-0.2, 0) is 20.1 Å². The van der Waals surface area contributed by atoms with E-state index in [1.165, 1.54) is 82.0 Å². The van der Waals surface area contributed by atoms with E-state index < -0.39 is 0 Å². The first-order chi connectivity index (χ1) is 42.2. The van der Waals surface area contributed by atoms with Gasteiger partial charge in [0.15, 0.2) is 0 Å². The molecule has 0 unspecified atom stereocenters. The molecule has 409 valence electrons. The largest absolute Gasteiger partial charge is 0.305 e. The summed E-state index contributed by atoms with van der Waals surface area (Å²) >= 11 is 0. The van der Waals surface area contributed by atoms with E-state index in [-0.39, 0.29) is 20.1 Å². The van der Waals surface area contributed by atoms with Crippen LogP contribution >= 0.6 is 0 Å². The van der Waals surface area contributed by atoms with Gasteiger partial charge in [-0.2, -0.15) is 0 Å². The quantitative estimate of drug-likeness (QED) is 0.112. The molecule has 3 aromatic heterocycles. The molecule has 0 aliphatic rings. The Bertz CT molecular complexity index is 4880. The summed E-state index contributed by atoms with van der Waals surface area (Å²) in [5.74, 6) is 0.933. The normalized spacial score (nSPS) is 10.9. The van der Waals surface area contributed by atoms with Crippen LogP contribution in [0.3, 0.4) is 0 Å². The predicted molar refractivity (Wildman–Crippen MR) is 355 cm³/mol. The number of imidazole rings is 1. The van der Waals surface area contributed by atoms with Crippen molar-refractivity contribution in [3.8, 4) is 84.1 Å². The summed E-state index contributed by atoms with van der Waals surface area (Å²) in [6, 6.07) is 117. The number of aromatic nitrogens is 4. The first-order valence-electron chi connectivity index (χ1n) is 28.6. The van der Waals surface area contributed by atoms with E-state index in [9.17, 15) is 0 Å². The Labute approximate surface area is 514 Å². The van der Waals surface area contributed by atoms with Crippen LogP contribution in [0.5, 0.6) is 0 Å². The first kappa shape index (κ1) is 54.6. The second-order valence-electron chi connectivity index (χ2n) is 20.9. The number of benzene rings is 13. The average Bonchev–Trinajstić information content (AvgIpc) is 0.921. The van der Waals surface area contributed by atoms with Gasteiger partial charge in [0.05, 0.1) is 11.0 Å². The second-order valence-corrected chi connectivity index (χ2v) is 20.9. The maximum absolute atomic E-state index is 5.12. The van der Waals surface area contributed by atoms with E-state index in [0.29, 0.717) is 0 Å². The van der Waals surface area contributed by atoms with E-state index in [4.69, 9.17) is 4.98 Å². The van der Waals surface area contributed by atoms with Crippen molar-refractivity contribution >= 4 is 54.1 Å². The van der Waals surface area contributed by atoms with E-state index in [1.807, 2.05) is 97.2 Å². The summed E-state index contributed by atoms with van der Waals surface area (Å²) in [5, 5.41) is 9.97. The van der Waals surface area contributed by atoms with Gasteiger partial charge in [-0.05, 0) is 154 Å². The van der Waals surface area contributed by atoms with Crippen LogP contribution in [0.2, 0.25) is 0 Å². The van der Waals surface area contributed by atoms with Gasteiger partial charge in [-0.1, -0.05) is 212 Å². The molecule has 4 nitrogen and oxygen atoms in total. The molecule has 0 aliphatic heterocycles. The minimum atomic E-state index is 0. The predicted octanol–water partition coefficient (Wildman–Crippen LogP) is 21.1. The van der Waals surface area contributed by atoms with Gasteiger partial charge in [0.2, 0.25) is 0 Å². The van der Waals surface area contributed by atoms with Crippen molar-refractivity contribution in [3.05, 3.63) is 340 Å². The third kappa shape index (κ3) is 11.3. The van der Waals surface area contributed by atoms with Crippen LogP contribution in [0, 0.1) is 12.1 Å². The van der Waals surface area contributed by atoms with E-state index in [1.54, 1.807) is 6.20 Å². The molecule has 0 amide bonds. The number of hydrogen-bond acceptors (Lipinski definition) is 3. The Morgan fingerprint density at radius 2 is 0.779 bits per heavy atom. The summed E-state index contributed by atoms with van der Waals surface area (Å²) in [5.41, 5.74) is 17.9. The number of para-hydroxylation sites is 3. The van der Waals surface area contributed by atoms with Gasteiger partial charge in [0, 0.05) is 43.7 Å². The Balaban J connectivity index is 0.000000180. The zero-order valence-corrected chi connectivity index (χ0v) is 49.2. The zero-order valence-electron chi connectivity index (χ0n) is 46.8. The molecule has 86 heavy (non-hydrogen) atoms. The van der Waals surface area contributed by atoms with Crippen LogP contribution in [0.25, 0.3) is 138 Å². The maximum Gasteiger partial charge on any atom is 0.145 e. The molecular formula is C81H54IrN4-2. The van der Waals surface area contributed by atoms with Gasteiger partial charge in [-0.15, -0.1) is 71.8 Å². The van der Waals surface area contributed by atoms with Gasteiger partial charge in [-0.3, -0.25) is 4.57 Å². The van der Waals surface area contributed by atoms with Crippen molar-refractivity contribution in [1.82, 2.24) is 19.5 Å². The van der Waals surface area contributed by atoms with Gasteiger partial charge in [0.25, 0.3) is 0 Å². The average molecular weight is 1280 g/mol. The molecule has 0 N–H and O–H groups in total. The molecule has 0 saturated carbocycles. The standard InChI is InChI=1S/C53H34N2.C17H12N.C11H8N.Ir/c1-2-16-44(17-3-1)55-50-21-11-10-20-49(50)54-53(55)38-26-22-37(23-27-38)41-30-31-47-48(34-41)52(43-29-25-36-13-5-7-15-40(36)33-43)46-19-9-8-18-45(46)51(47)42-28-24-35-12-4-6-14-39(35)32-42;1-3-7-14(8-4-1)16-11-12-18-17(13-16)15-9-5-2-6-10-15;1-2-6-10(7-3-1)11-8-4-5-9-12-11;/h1-34H;1-9,11-13H;1-6,8-9H;/q;2*-1;. The van der Waals surface area contributed by atoms with Crippen molar-refractivity contribution in [2.45, 2.75) is 0 Å². The van der Waals surface area contributed by atoms with Crippen molar-refractivity contribution < 1.29 is 20.1 Å². The van der Waals surface area contributed by atoms with Crippen LogP contribution in [0.4, 0.5) is 0 Å². The van der Waals surface area contributed by atoms with Crippen LogP contribution in [0.15, 0.2) is 328 Å². The van der Waals surface area contributed by atoms with Crippen LogP contribution in [0.1, 0.15) is 0 Å². The summed E-state index contributed by atoms with van der Waals surface area (Å²) in [4.78, 5) is 13.7. The summed E-state index contributed by atoms with van der Waals surface area (Å²) in [6.45, 7) is 0. The minimum Gasteiger partial charge on any atom is -0.305 e. The molecule has 0 spiro atoms. The van der Waals surface area contributed by atoms with Gasteiger partial charge < -0.3 is 9.97 Å². The third-order valence-corrected chi connectivity index (χ3v) is 15.7. The molecule has 13 aromatic carbocycles. The molecule has 0 fully saturated rings. The van der Waals surface area contributed by atoms with Crippen LogP contribution in [-0.4, -0.2) is 19.5 Å². The smallest absolute Gasteiger partial charge is 0.145 e. The van der Waals surface area contributed by atoms with Crippen molar-refractivity contribution in [2.24, 2.45) is 0 Å². The zero-order chi connectivity index (χ0) is 56.7. The summed E-state index contributed by atoms with van der Waals surface area (Å²) in [7, 11) is 0. The number of rotatable bonds is 8. The second kappa shape index (κ2) is 25.0. The third-order valence-electron chi connectivity index (χ3n) is 15.7. The molecular weight excluding hydrogens is 1220 g/mol. The molecule has 0 saturated heterocycles. The molecule has 0 bridgehead atoms.